The first kappa shape index (κ1) is 32.9. The third-order valence-corrected chi connectivity index (χ3v) is 12.3. The Labute approximate surface area is 288 Å². The summed E-state index contributed by atoms with van der Waals surface area (Å²) in [5.74, 6) is -3.83. The summed E-state index contributed by atoms with van der Waals surface area (Å²) in [7, 11) is -3.40. The summed E-state index contributed by atoms with van der Waals surface area (Å²) in [5, 5.41) is 4.58. The van der Waals surface area contributed by atoms with Gasteiger partial charge in [0.1, 0.15) is 0 Å². The second-order valence-electron chi connectivity index (χ2n) is 12.3. The van der Waals surface area contributed by atoms with Crippen molar-refractivity contribution in [2.45, 2.75) is 37.5 Å². The van der Waals surface area contributed by atoms with Gasteiger partial charge in [-0.25, -0.2) is 0 Å². The zero-order valence-corrected chi connectivity index (χ0v) is 28.7. The molecule has 2 aromatic heterocycles. The molecule has 2 fully saturated rings. The fourth-order valence-electron chi connectivity index (χ4n) is 7.09. The number of hydrogen-bond donors (Lipinski definition) is 2. The number of rotatable bonds is 8. The van der Waals surface area contributed by atoms with Gasteiger partial charge in [0.2, 0.25) is 0 Å². The summed E-state index contributed by atoms with van der Waals surface area (Å²) in [4.78, 5) is 59.1. The number of amides is 1. The van der Waals surface area contributed by atoms with Crippen molar-refractivity contribution in [1.82, 2.24) is 19.6 Å². The van der Waals surface area contributed by atoms with Crippen LogP contribution in [-0.4, -0.2) is 76.5 Å². The fraction of sp³-hybridized carbons (Fsp3) is 0.333. The number of carbonyl (C=O) groups is 2. The summed E-state index contributed by atoms with van der Waals surface area (Å²) in [6, 6.07) is 10.3. The van der Waals surface area contributed by atoms with E-state index in [0.717, 1.165) is 11.6 Å². The molecule has 2 unspecified atom stereocenters. The van der Waals surface area contributed by atoms with Crippen LogP contribution in [0.2, 0.25) is 0 Å². The SMILES string of the molecule is CCO[PH](O)(NC1(C(=O)OC)CC1)Oc1c2n(ccc1=O)N(C1c3ccccc3-c3scnc3-c3c1ccc(F)c3F)C1COCCN1C2=O. The number of nitrogens with zero attached hydrogens (tertiary/aromatic N) is 4. The van der Waals surface area contributed by atoms with Crippen molar-refractivity contribution in [3.8, 4) is 27.4 Å². The predicted octanol–water partition coefficient (Wildman–Crippen LogP) is 3.88. The van der Waals surface area contributed by atoms with Crippen LogP contribution in [0.4, 0.5) is 8.78 Å². The van der Waals surface area contributed by atoms with Crippen LogP contribution < -0.4 is 20.0 Å². The van der Waals surface area contributed by atoms with Gasteiger partial charge in [-0.1, -0.05) is 0 Å². The van der Waals surface area contributed by atoms with Crippen molar-refractivity contribution < 1.29 is 41.8 Å². The molecular weight excluding hydrogens is 695 g/mol. The Kier molecular flexibility index (Phi) is 8.01. The van der Waals surface area contributed by atoms with Gasteiger partial charge >= 0.3 is 289 Å². The summed E-state index contributed by atoms with van der Waals surface area (Å²) in [6.45, 7) is 1.93. The monoisotopic (exact) mass is 727 g/mol. The Bertz CT molecular complexity index is 2110. The van der Waals surface area contributed by atoms with Crippen LogP contribution in [0.1, 0.15) is 47.4 Å². The number of carbonyl (C=O) groups excluding carboxylic acids is 2. The number of halogens is 2. The average Bonchev–Trinajstić information content (AvgIpc) is 3.76. The first-order chi connectivity index (χ1) is 24.1. The summed E-state index contributed by atoms with van der Waals surface area (Å²) in [5.41, 5.74) is 1.39. The first-order valence-corrected chi connectivity index (χ1v) is 18.6. The minimum atomic E-state index is -4.61. The third kappa shape index (κ3) is 5.04. The molecule has 1 saturated carbocycles. The fourth-order valence-corrected chi connectivity index (χ4v) is 9.94. The molecule has 2 N–H and O–H groups in total. The van der Waals surface area contributed by atoms with Crippen molar-refractivity contribution >= 4 is 31.3 Å². The third-order valence-electron chi connectivity index (χ3n) is 9.45. The molecule has 0 spiro atoms. The van der Waals surface area contributed by atoms with Crippen LogP contribution in [0.5, 0.6) is 5.75 Å². The van der Waals surface area contributed by atoms with Crippen molar-refractivity contribution in [2.75, 3.05) is 38.5 Å². The van der Waals surface area contributed by atoms with Crippen molar-refractivity contribution in [1.29, 1.82) is 0 Å². The molecule has 2 aromatic carbocycles. The van der Waals surface area contributed by atoms with Crippen molar-refractivity contribution in [3.63, 3.8) is 0 Å². The van der Waals surface area contributed by atoms with Crippen LogP contribution >= 0.6 is 19.4 Å². The Morgan fingerprint density at radius 3 is 2.74 bits per heavy atom. The van der Waals surface area contributed by atoms with E-state index in [1.54, 1.807) is 17.4 Å². The Hall–Kier alpha value is -4.31. The van der Waals surface area contributed by atoms with Crippen molar-refractivity contribution in [2.24, 2.45) is 0 Å². The molecule has 17 heteroatoms. The molecule has 1 saturated heterocycles. The molecule has 262 valence electrons. The van der Waals surface area contributed by atoms with E-state index in [2.05, 4.69) is 10.1 Å². The zero-order valence-electron chi connectivity index (χ0n) is 26.9. The molecule has 4 aliphatic rings. The number of hydrogen-bond acceptors (Lipinski definition) is 12. The van der Waals surface area contributed by atoms with Crippen molar-refractivity contribution in [3.05, 3.63) is 92.9 Å². The molecule has 1 amide bonds. The summed E-state index contributed by atoms with van der Waals surface area (Å²) in [6.07, 6.45) is 1.29. The van der Waals surface area contributed by atoms with E-state index >= 15 is 4.39 Å². The molecule has 13 nitrogen and oxygen atoms in total. The number of nitrogens with one attached hydrogen (secondary N) is 1. The van der Waals surface area contributed by atoms with E-state index < -0.39 is 60.5 Å². The van der Waals surface area contributed by atoms with E-state index in [0.29, 0.717) is 28.8 Å². The van der Waals surface area contributed by atoms with E-state index in [1.807, 2.05) is 24.3 Å². The van der Waals surface area contributed by atoms with Gasteiger partial charge in [0.05, 0.1) is 0 Å². The normalized spacial score (nSPS) is 20.5. The Balaban J connectivity index is 1.35. The Morgan fingerprint density at radius 1 is 1.18 bits per heavy atom. The molecule has 2 atom stereocenters. The van der Waals surface area contributed by atoms with Gasteiger partial charge in [-0.3, -0.25) is 0 Å². The molecule has 2 aliphatic heterocycles. The number of thiazole rings is 1. The molecule has 4 aromatic rings. The van der Waals surface area contributed by atoms with Crippen LogP contribution in [0.3, 0.4) is 0 Å². The number of methoxy groups -OCH3 is 1. The zero-order chi connectivity index (χ0) is 34.9. The maximum absolute atomic E-state index is 16.0. The molecule has 4 heterocycles. The van der Waals surface area contributed by atoms with Gasteiger partial charge in [-0.15, -0.1) is 0 Å². The van der Waals surface area contributed by atoms with E-state index in [9.17, 15) is 23.7 Å². The van der Waals surface area contributed by atoms with Gasteiger partial charge in [0, 0.05) is 0 Å². The standard InChI is InChI=1S/C33H32F2N5O8PS/c1-3-47-49(44,37-33(11-12-33)32(43)45-2)48-29-22(41)10-13-39-28(29)31(42)38-14-15-46-16-23(38)40(39)27-18-6-4-5-7-19(18)30-26(36-17-50-30)24-20(27)8-9-21(34)25(24)35/h4-10,13,17,23,27,37,44,49H,3,11-12,14-16H2,1-2H3. The molecule has 50 heavy (non-hydrogen) atoms. The first-order valence-electron chi connectivity index (χ1n) is 16.0. The number of pyridine rings is 1. The number of ether oxygens (including phenoxy) is 2. The maximum atomic E-state index is 16.0. The second-order valence-corrected chi connectivity index (χ2v) is 15.1. The quantitative estimate of drug-likeness (QED) is 0.202. The topological polar surface area (TPSA) is 145 Å². The van der Waals surface area contributed by atoms with Gasteiger partial charge < -0.3 is 0 Å². The Morgan fingerprint density at radius 2 is 1.98 bits per heavy atom. The van der Waals surface area contributed by atoms with Crippen LogP contribution in [-0.2, 0) is 18.8 Å². The summed E-state index contributed by atoms with van der Waals surface area (Å²) >= 11 is 1.29. The number of fused-ring (bicyclic) bond motifs is 7. The van der Waals surface area contributed by atoms with Gasteiger partial charge in [0.25, 0.3) is 0 Å². The van der Waals surface area contributed by atoms with Crippen LogP contribution in [0.15, 0.2) is 59.0 Å². The number of aromatic nitrogens is 2. The number of morpholine rings is 1. The molecule has 0 bridgehead atoms. The van der Waals surface area contributed by atoms with Crippen LogP contribution in [0, 0.1) is 11.6 Å². The molecular formula is C33H32F2N5O8PS. The van der Waals surface area contributed by atoms with Gasteiger partial charge in [-0.2, -0.15) is 0 Å². The minimum absolute atomic E-state index is 0.0263. The van der Waals surface area contributed by atoms with E-state index in [4.69, 9.17) is 18.5 Å². The molecule has 8 rings (SSSR count). The molecule has 0 radical (unpaired) electrons. The summed E-state index contributed by atoms with van der Waals surface area (Å²) < 4.78 is 55.0. The number of esters is 1. The molecule has 2 aliphatic carbocycles. The van der Waals surface area contributed by atoms with E-state index in [1.165, 1.54) is 46.4 Å². The number of benzene rings is 2. The predicted molar refractivity (Wildman–Crippen MR) is 179 cm³/mol. The van der Waals surface area contributed by atoms with Crippen LogP contribution in [0.25, 0.3) is 21.7 Å². The second kappa shape index (κ2) is 12.2. The van der Waals surface area contributed by atoms with Gasteiger partial charge in [0.15, 0.2) is 0 Å². The average molecular weight is 728 g/mol. The van der Waals surface area contributed by atoms with Gasteiger partial charge in [-0.05, 0) is 0 Å². The van der Waals surface area contributed by atoms with E-state index in [-0.39, 0.29) is 43.3 Å².